The molecular weight excluding hydrogens is 490 g/mol. The minimum absolute atomic E-state index is 0.257. The van der Waals surface area contributed by atoms with Crippen LogP contribution in [0, 0.1) is 0 Å². The summed E-state index contributed by atoms with van der Waals surface area (Å²) in [4.78, 5) is 12.8. The molecule has 1 aromatic carbocycles. The van der Waals surface area contributed by atoms with Gasteiger partial charge in [-0.3, -0.25) is 4.98 Å². The molecule has 5 rings (SSSR count). The topological polar surface area (TPSA) is 118 Å². The highest BCUT2D eigenvalue weighted by Gasteiger charge is 2.41. The van der Waals surface area contributed by atoms with Gasteiger partial charge in [-0.1, -0.05) is 0 Å². The van der Waals surface area contributed by atoms with Crippen LogP contribution in [-0.2, 0) is 9.47 Å². The summed E-state index contributed by atoms with van der Waals surface area (Å²) in [5.74, 6) is -0.220. The van der Waals surface area contributed by atoms with Crippen molar-refractivity contribution in [2.24, 2.45) is 0 Å². The summed E-state index contributed by atoms with van der Waals surface area (Å²) in [6, 6.07) is 9.63. The number of rotatable bonds is 6. The quantitative estimate of drug-likeness (QED) is 0.373. The first-order valence-electron chi connectivity index (χ1n) is 10.6. The third-order valence-corrected chi connectivity index (χ3v) is 5.89. The Bertz CT molecular complexity index is 1310. The van der Waals surface area contributed by atoms with Crippen molar-refractivity contribution in [3.05, 3.63) is 53.5 Å². The molecule has 4 aromatic rings. The van der Waals surface area contributed by atoms with Gasteiger partial charge in [0, 0.05) is 34.7 Å². The number of halogens is 1. The summed E-state index contributed by atoms with van der Waals surface area (Å²) < 4.78 is 21.1. The van der Waals surface area contributed by atoms with Crippen LogP contribution in [0.4, 0.5) is 5.82 Å². The molecule has 1 aliphatic heterocycles. The van der Waals surface area contributed by atoms with Crippen molar-refractivity contribution in [1.29, 1.82) is 0 Å². The lowest BCUT2D eigenvalue weighted by atomic mass is 10.2. The second kappa shape index (κ2) is 8.53. The molecule has 0 bridgehead atoms. The van der Waals surface area contributed by atoms with E-state index in [0.717, 1.165) is 20.8 Å². The smallest absolute Gasteiger partial charge is 0.162 e. The molecule has 0 aliphatic carbocycles. The predicted octanol–water partition coefficient (Wildman–Crippen LogP) is 3.80. The number of benzene rings is 1. The molecule has 1 aliphatic rings. The molecule has 10 heteroatoms. The Balaban J connectivity index is 1.36. The maximum absolute atomic E-state index is 10.3. The molecule has 9 nitrogen and oxygen atoms in total. The van der Waals surface area contributed by atoms with Crippen LogP contribution < -0.4 is 10.5 Å². The molecule has 1 saturated heterocycles. The lowest BCUT2D eigenvalue weighted by Crippen LogP contribution is -2.33. The van der Waals surface area contributed by atoms with E-state index in [-0.39, 0.29) is 6.10 Å². The number of anilines is 1. The van der Waals surface area contributed by atoms with Crippen molar-refractivity contribution in [3.63, 3.8) is 0 Å². The second-order valence-electron chi connectivity index (χ2n) is 8.53. The van der Waals surface area contributed by atoms with Gasteiger partial charge in [-0.25, -0.2) is 9.97 Å². The average molecular weight is 514 g/mol. The lowest BCUT2D eigenvalue weighted by Gasteiger charge is -2.27. The van der Waals surface area contributed by atoms with E-state index < -0.39 is 18.1 Å². The predicted molar refractivity (Wildman–Crippen MR) is 127 cm³/mol. The number of hydrogen-bond acceptors (Lipinski definition) is 8. The molecule has 0 unspecified atom stereocenters. The van der Waals surface area contributed by atoms with Crippen molar-refractivity contribution < 1.29 is 19.3 Å². The Morgan fingerprint density at radius 2 is 2.09 bits per heavy atom. The van der Waals surface area contributed by atoms with Crippen molar-refractivity contribution in [1.82, 2.24) is 19.5 Å². The maximum atomic E-state index is 10.3. The largest absolute Gasteiger partial charge is 0.491 e. The highest BCUT2D eigenvalue weighted by Crippen LogP contribution is 2.36. The lowest BCUT2D eigenvalue weighted by molar-refractivity contribution is -0.222. The van der Waals surface area contributed by atoms with E-state index in [0.29, 0.717) is 30.2 Å². The molecule has 0 radical (unpaired) electrons. The number of aromatic nitrogens is 4. The van der Waals surface area contributed by atoms with Crippen LogP contribution in [0.25, 0.3) is 21.9 Å². The van der Waals surface area contributed by atoms with Crippen molar-refractivity contribution in [3.8, 4) is 5.75 Å². The Morgan fingerprint density at radius 1 is 1.24 bits per heavy atom. The fourth-order valence-electron chi connectivity index (χ4n) is 4.09. The molecule has 0 saturated carbocycles. The number of aliphatic hydroxyl groups is 1. The normalized spacial score (nSPS) is 21.2. The first-order chi connectivity index (χ1) is 15.8. The molecule has 3 atom stereocenters. The van der Waals surface area contributed by atoms with Crippen LogP contribution in [0.1, 0.15) is 26.5 Å². The average Bonchev–Trinajstić information content (AvgIpc) is 3.35. The van der Waals surface area contributed by atoms with Gasteiger partial charge in [-0.15, -0.1) is 0 Å². The summed E-state index contributed by atoms with van der Waals surface area (Å²) in [5.41, 5.74) is 7.48. The summed E-state index contributed by atoms with van der Waals surface area (Å²) in [7, 11) is 0. The third-order valence-electron chi connectivity index (χ3n) is 5.46. The third kappa shape index (κ3) is 4.65. The molecule has 33 heavy (non-hydrogen) atoms. The Labute approximate surface area is 198 Å². The SMILES string of the molecule is CC(C)(O)O[C@@H]1C[C@@H](COc2ccc3cc(Br)cnc3c2)O[C@H]1n1ccc2c(N)ncnc21. The van der Waals surface area contributed by atoms with Gasteiger partial charge in [-0.05, 0) is 54.0 Å². The number of pyridine rings is 1. The second-order valence-corrected chi connectivity index (χ2v) is 9.44. The van der Waals surface area contributed by atoms with Crippen LogP contribution in [0.2, 0.25) is 0 Å². The minimum Gasteiger partial charge on any atom is -0.491 e. The van der Waals surface area contributed by atoms with E-state index in [2.05, 4.69) is 30.9 Å². The summed E-state index contributed by atoms with van der Waals surface area (Å²) >= 11 is 3.44. The van der Waals surface area contributed by atoms with E-state index in [1.165, 1.54) is 6.33 Å². The summed E-state index contributed by atoms with van der Waals surface area (Å²) in [6.07, 6.45) is 4.38. The first kappa shape index (κ1) is 22.0. The van der Waals surface area contributed by atoms with Gasteiger partial charge in [0.05, 0.1) is 17.0 Å². The highest BCUT2D eigenvalue weighted by atomic mass is 79.9. The van der Waals surface area contributed by atoms with Gasteiger partial charge in [0.25, 0.3) is 0 Å². The van der Waals surface area contributed by atoms with E-state index in [1.54, 1.807) is 20.0 Å². The van der Waals surface area contributed by atoms with E-state index in [1.807, 2.05) is 41.1 Å². The van der Waals surface area contributed by atoms with E-state index in [4.69, 9.17) is 19.9 Å². The Hall–Kier alpha value is -2.79. The molecule has 1 fully saturated rings. The standard InChI is InChI=1S/C23H24BrN5O4/c1-23(2,30)33-19-9-16(11-31-15-4-3-13-7-14(24)10-26-18(13)8-15)32-22(19)29-6-5-17-20(25)27-12-28-21(17)29/h3-8,10,12,16,19,22,30H,9,11H2,1-2H3,(H2,25,27,28)/t16-,19+,22+/m0/s1. The molecule has 4 heterocycles. The maximum Gasteiger partial charge on any atom is 0.162 e. The number of fused-ring (bicyclic) bond motifs is 2. The van der Waals surface area contributed by atoms with Gasteiger partial charge in [0.2, 0.25) is 0 Å². The van der Waals surface area contributed by atoms with Gasteiger partial charge in [0.1, 0.15) is 36.3 Å². The van der Waals surface area contributed by atoms with Crippen LogP contribution in [0.5, 0.6) is 5.75 Å². The number of hydrogen-bond donors (Lipinski definition) is 2. The molecule has 3 aromatic heterocycles. The zero-order valence-corrected chi connectivity index (χ0v) is 19.8. The van der Waals surface area contributed by atoms with Crippen LogP contribution in [0.3, 0.4) is 0 Å². The van der Waals surface area contributed by atoms with Crippen molar-refractivity contribution in [2.75, 3.05) is 12.3 Å². The van der Waals surface area contributed by atoms with Crippen molar-refractivity contribution in [2.45, 2.75) is 44.5 Å². The van der Waals surface area contributed by atoms with E-state index >= 15 is 0 Å². The molecular formula is C23H24BrN5O4. The van der Waals surface area contributed by atoms with Crippen LogP contribution in [0.15, 0.2) is 53.5 Å². The van der Waals surface area contributed by atoms with Gasteiger partial charge in [-0.2, -0.15) is 0 Å². The minimum atomic E-state index is -1.32. The molecule has 172 valence electrons. The Kier molecular flexibility index (Phi) is 5.69. The first-order valence-corrected chi connectivity index (χ1v) is 11.4. The fourth-order valence-corrected chi connectivity index (χ4v) is 4.44. The molecule has 0 amide bonds. The van der Waals surface area contributed by atoms with Crippen LogP contribution >= 0.6 is 15.9 Å². The number of nitrogens with zero attached hydrogens (tertiary/aromatic N) is 4. The fraction of sp³-hybridized carbons (Fsp3) is 0.348. The number of ether oxygens (including phenoxy) is 3. The molecule has 0 spiro atoms. The van der Waals surface area contributed by atoms with Gasteiger partial charge < -0.3 is 29.6 Å². The van der Waals surface area contributed by atoms with Crippen LogP contribution in [-0.4, -0.2) is 49.2 Å². The van der Waals surface area contributed by atoms with Crippen molar-refractivity contribution >= 4 is 43.7 Å². The zero-order chi connectivity index (χ0) is 23.2. The number of nitrogen functional groups attached to an aromatic ring is 1. The van der Waals surface area contributed by atoms with E-state index in [9.17, 15) is 5.11 Å². The summed E-state index contributed by atoms with van der Waals surface area (Å²) in [5, 5.41) is 12.0. The monoisotopic (exact) mass is 513 g/mol. The number of nitrogens with two attached hydrogens (primary N) is 1. The highest BCUT2D eigenvalue weighted by molar-refractivity contribution is 9.10. The Morgan fingerprint density at radius 3 is 2.91 bits per heavy atom. The summed E-state index contributed by atoms with van der Waals surface area (Å²) in [6.45, 7) is 3.52. The zero-order valence-electron chi connectivity index (χ0n) is 18.2. The molecule has 3 N–H and O–H groups in total. The van der Waals surface area contributed by atoms with Gasteiger partial charge >= 0.3 is 0 Å². The van der Waals surface area contributed by atoms with Gasteiger partial charge in [0.15, 0.2) is 12.0 Å².